The molecule has 1 aliphatic rings. The van der Waals surface area contributed by atoms with Gasteiger partial charge in [0.25, 0.3) is 0 Å². The van der Waals surface area contributed by atoms with E-state index < -0.39 is 32.0 Å². The van der Waals surface area contributed by atoms with Crippen LogP contribution in [0.2, 0.25) is 18.1 Å². The molecule has 1 saturated heterocycles. The van der Waals surface area contributed by atoms with Crippen molar-refractivity contribution in [3.8, 4) is 5.88 Å². The molecule has 3 rings (SSSR count). The average molecular weight is 515 g/mol. The molecule has 2 aromatic rings. The second-order valence-electron chi connectivity index (χ2n) is 10.7. The van der Waals surface area contributed by atoms with Gasteiger partial charge in [0.1, 0.15) is 12.6 Å². The van der Waals surface area contributed by atoms with Gasteiger partial charge in [-0.3, -0.25) is 4.79 Å². The highest BCUT2D eigenvalue weighted by atomic mass is 28.4. The Hall–Kier alpha value is -2.75. The molecule has 196 valence electrons. The van der Waals surface area contributed by atoms with Crippen molar-refractivity contribution in [2.24, 2.45) is 0 Å². The third-order valence-corrected chi connectivity index (χ3v) is 11.9. The van der Waals surface area contributed by atoms with Crippen molar-refractivity contribution < 1.29 is 28.6 Å². The van der Waals surface area contributed by atoms with Crippen molar-refractivity contribution in [1.82, 2.24) is 9.88 Å². The van der Waals surface area contributed by atoms with Crippen molar-refractivity contribution in [2.45, 2.75) is 76.9 Å². The monoisotopic (exact) mass is 514 g/mol. The van der Waals surface area contributed by atoms with Crippen LogP contribution in [-0.4, -0.2) is 49.0 Å². The molecule has 0 radical (unpaired) electrons. The largest absolute Gasteiger partial charge is 0.481 e. The Balaban J connectivity index is 1.93. The fraction of sp³-hybridized carbons (Fsp3) is 0.519. The number of amides is 2. The van der Waals surface area contributed by atoms with Crippen molar-refractivity contribution in [3.05, 3.63) is 59.3 Å². The van der Waals surface area contributed by atoms with Gasteiger partial charge in [-0.15, -0.1) is 0 Å². The number of methoxy groups -OCH3 is 1. The second-order valence-corrected chi connectivity index (χ2v) is 15.5. The van der Waals surface area contributed by atoms with E-state index in [0.29, 0.717) is 17.0 Å². The van der Waals surface area contributed by atoms with Gasteiger partial charge in [-0.1, -0.05) is 58.0 Å². The minimum Gasteiger partial charge on any atom is -0.481 e. The Kier molecular flexibility index (Phi) is 8.27. The number of rotatable bonds is 9. The summed E-state index contributed by atoms with van der Waals surface area (Å²) in [7, 11) is -0.609. The normalized spacial score (nSPS) is 18.1. The number of benzene rings is 1. The predicted molar refractivity (Wildman–Crippen MR) is 139 cm³/mol. The van der Waals surface area contributed by atoms with E-state index in [0.717, 1.165) is 10.5 Å². The van der Waals surface area contributed by atoms with E-state index in [1.54, 1.807) is 19.2 Å². The van der Waals surface area contributed by atoms with Gasteiger partial charge in [0.15, 0.2) is 8.32 Å². The molecule has 1 aliphatic heterocycles. The highest BCUT2D eigenvalue weighted by Gasteiger charge is 2.44. The van der Waals surface area contributed by atoms with E-state index in [2.05, 4.69) is 38.8 Å². The maximum atomic E-state index is 13.5. The van der Waals surface area contributed by atoms with Crippen molar-refractivity contribution in [1.29, 1.82) is 0 Å². The van der Waals surface area contributed by atoms with Crippen LogP contribution >= 0.6 is 0 Å². The summed E-state index contributed by atoms with van der Waals surface area (Å²) >= 11 is 0. The SMILES string of the molecule is CC[C@@](O)(CC(=O)N1C(=O)OCC1c1ccccc1)c1ccnc(OC)c1CO[Si](C)(C)C(C)(C)C. The quantitative estimate of drug-likeness (QED) is 0.452. The number of imide groups is 1. The number of aliphatic hydroxyl groups is 1. The van der Waals surface area contributed by atoms with Crippen LogP contribution in [0.25, 0.3) is 0 Å². The lowest BCUT2D eigenvalue weighted by molar-refractivity contribution is -0.135. The van der Waals surface area contributed by atoms with E-state index in [4.69, 9.17) is 13.9 Å². The molecule has 0 saturated carbocycles. The minimum absolute atomic E-state index is 0.0117. The minimum atomic E-state index is -2.13. The zero-order valence-electron chi connectivity index (χ0n) is 22.3. The smallest absolute Gasteiger partial charge is 0.417 e. The lowest BCUT2D eigenvalue weighted by Gasteiger charge is -2.37. The number of pyridine rings is 1. The average Bonchev–Trinajstić information content (AvgIpc) is 3.23. The molecule has 0 spiro atoms. The molecule has 1 N–H and O–H groups in total. The first-order valence-electron chi connectivity index (χ1n) is 12.3. The number of hydrogen-bond donors (Lipinski definition) is 1. The van der Waals surface area contributed by atoms with Crippen LogP contribution in [0.15, 0.2) is 42.6 Å². The summed E-state index contributed by atoms with van der Waals surface area (Å²) < 4.78 is 17.2. The standard InChI is InChI=1S/C27H38N2O6Si/c1-8-27(32,16-23(30)29-22(18-34-25(29)31)19-12-10-9-11-13-19)21-14-15-28-24(33-5)20(21)17-35-36(6,7)26(2,3)4/h9-15,22,32H,8,16-18H2,1-7H3/t22?,27-/m1/s1. The predicted octanol–water partition coefficient (Wildman–Crippen LogP) is 5.32. The number of ether oxygens (including phenoxy) is 2. The van der Waals surface area contributed by atoms with Gasteiger partial charge in [-0.05, 0) is 41.7 Å². The lowest BCUT2D eigenvalue weighted by atomic mass is 9.85. The van der Waals surface area contributed by atoms with Crippen LogP contribution < -0.4 is 4.74 Å². The fourth-order valence-corrected chi connectivity index (χ4v) is 5.00. The number of aromatic nitrogens is 1. The van der Waals surface area contributed by atoms with E-state index in [9.17, 15) is 14.7 Å². The Morgan fingerprint density at radius 1 is 1.22 bits per heavy atom. The van der Waals surface area contributed by atoms with Crippen LogP contribution in [0.1, 0.15) is 63.3 Å². The first kappa shape index (κ1) is 27.8. The van der Waals surface area contributed by atoms with E-state index in [-0.39, 0.29) is 31.1 Å². The van der Waals surface area contributed by atoms with Gasteiger partial charge < -0.3 is 19.0 Å². The molecule has 2 heterocycles. The van der Waals surface area contributed by atoms with Gasteiger partial charge in [-0.2, -0.15) is 0 Å². The molecule has 2 atom stereocenters. The zero-order valence-corrected chi connectivity index (χ0v) is 23.3. The molecule has 36 heavy (non-hydrogen) atoms. The summed E-state index contributed by atoms with van der Waals surface area (Å²) in [4.78, 5) is 31.5. The summed E-state index contributed by atoms with van der Waals surface area (Å²) in [5.74, 6) is -0.170. The fourth-order valence-electron chi connectivity index (χ4n) is 4.06. The summed E-state index contributed by atoms with van der Waals surface area (Å²) in [6, 6.07) is 10.4. The number of cyclic esters (lactones) is 1. The van der Waals surface area contributed by atoms with Gasteiger partial charge in [0.05, 0.1) is 25.7 Å². The molecule has 1 aromatic carbocycles. The van der Waals surface area contributed by atoms with E-state index in [1.165, 1.54) is 7.11 Å². The first-order valence-corrected chi connectivity index (χ1v) is 15.2. The maximum absolute atomic E-state index is 13.5. The number of hydrogen-bond acceptors (Lipinski definition) is 7. The highest BCUT2D eigenvalue weighted by molar-refractivity contribution is 6.74. The third-order valence-electron chi connectivity index (χ3n) is 7.45. The second kappa shape index (κ2) is 10.7. The van der Waals surface area contributed by atoms with Gasteiger partial charge in [-0.25, -0.2) is 14.7 Å². The van der Waals surface area contributed by atoms with Crippen LogP contribution in [0.4, 0.5) is 4.79 Å². The lowest BCUT2D eigenvalue weighted by Crippen LogP contribution is -2.41. The molecule has 0 bridgehead atoms. The van der Waals surface area contributed by atoms with Crippen LogP contribution in [0, 0.1) is 0 Å². The maximum Gasteiger partial charge on any atom is 0.417 e. The highest BCUT2D eigenvalue weighted by Crippen LogP contribution is 2.40. The van der Waals surface area contributed by atoms with Gasteiger partial charge in [0.2, 0.25) is 11.8 Å². The molecule has 9 heteroatoms. The summed E-state index contributed by atoms with van der Waals surface area (Å²) in [5, 5.41) is 11.8. The summed E-state index contributed by atoms with van der Waals surface area (Å²) in [6.45, 7) is 12.8. The topological polar surface area (TPSA) is 98.2 Å². The van der Waals surface area contributed by atoms with Crippen molar-refractivity contribution >= 4 is 20.3 Å². The van der Waals surface area contributed by atoms with Gasteiger partial charge in [0, 0.05) is 11.8 Å². The van der Waals surface area contributed by atoms with Crippen molar-refractivity contribution in [2.75, 3.05) is 13.7 Å². The first-order chi connectivity index (χ1) is 16.8. The summed E-state index contributed by atoms with van der Waals surface area (Å²) in [5.41, 5.74) is 0.341. The Morgan fingerprint density at radius 3 is 2.47 bits per heavy atom. The van der Waals surface area contributed by atoms with Crippen LogP contribution in [0.5, 0.6) is 5.88 Å². The van der Waals surface area contributed by atoms with Crippen LogP contribution in [-0.2, 0) is 26.2 Å². The van der Waals surface area contributed by atoms with E-state index in [1.807, 2.05) is 30.3 Å². The molecule has 1 aromatic heterocycles. The number of carbonyl (C=O) groups is 2. The third kappa shape index (κ3) is 5.63. The van der Waals surface area contributed by atoms with E-state index >= 15 is 0 Å². The number of nitrogens with zero attached hydrogens (tertiary/aromatic N) is 2. The molecule has 0 aliphatic carbocycles. The van der Waals surface area contributed by atoms with Crippen LogP contribution in [0.3, 0.4) is 0 Å². The Bertz CT molecular complexity index is 1090. The molecule has 1 fully saturated rings. The van der Waals surface area contributed by atoms with Crippen molar-refractivity contribution in [3.63, 3.8) is 0 Å². The molecular weight excluding hydrogens is 476 g/mol. The molecule has 8 nitrogen and oxygen atoms in total. The molecule has 1 unspecified atom stereocenters. The Morgan fingerprint density at radius 2 is 1.89 bits per heavy atom. The molecule has 2 amide bonds. The molecular formula is C27H38N2O6Si. The van der Waals surface area contributed by atoms with Gasteiger partial charge >= 0.3 is 6.09 Å². The Labute approximate surface area is 214 Å². The summed E-state index contributed by atoms with van der Waals surface area (Å²) in [6.07, 6.45) is 0.771. The zero-order chi connectivity index (χ0) is 26.7. The number of carbonyl (C=O) groups excluding carboxylic acids is 2.